The normalized spacial score (nSPS) is 11.6. The zero-order valence-electron chi connectivity index (χ0n) is 9.13. The average Bonchev–Trinajstić information content (AvgIpc) is 2.25. The van der Waals surface area contributed by atoms with Crippen LogP contribution in [0, 0.1) is 5.82 Å². The number of rotatable bonds is 4. The summed E-state index contributed by atoms with van der Waals surface area (Å²) in [5.74, 6) is -1.31. The molecule has 0 bridgehead atoms. The van der Waals surface area contributed by atoms with E-state index in [9.17, 15) is 17.6 Å². The smallest absolute Gasteiger partial charge is 0.392 e. The van der Waals surface area contributed by atoms with Gasteiger partial charge in [-0.3, -0.25) is 0 Å². The summed E-state index contributed by atoms with van der Waals surface area (Å²) < 4.78 is 50.4. The first kappa shape index (κ1) is 13.7. The van der Waals surface area contributed by atoms with Crippen molar-refractivity contribution in [1.82, 2.24) is 4.98 Å². The molecule has 0 aromatic carbocycles. The molecule has 3 nitrogen and oxygen atoms in total. The second kappa shape index (κ2) is 5.31. The lowest BCUT2D eigenvalue weighted by molar-refractivity contribution is -0.119. The minimum Gasteiger partial charge on any atom is -0.392 e. The summed E-state index contributed by atoms with van der Waals surface area (Å²) in [4.78, 5) is 4.35. The van der Waals surface area contributed by atoms with Gasteiger partial charge in [-0.25, -0.2) is 9.37 Å². The maximum atomic E-state index is 13.7. The Morgan fingerprint density at radius 1 is 1.41 bits per heavy atom. The van der Waals surface area contributed by atoms with Crippen LogP contribution in [0.4, 0.5) is 23.4 Å². The first-order valence-electron chi connectivity index (χ1n) is 4.95. The zero-order chi connectivity index (χ0) is 13.1. The van der Waals surface area contributed by atoms with Crippen molar-refractivity contribution in [2.24, 2.45) is 0 Å². The molecule has 96 valence electrons. The van der Waals surface area contributed by atoms with Gasteiger partial charge in [0.1, 0.15) is 6.54 Å². The van der Waals surface area contributed by atoms with E-state index in [2.05, 4.69) is 4.98 Å². The molecule has 1 aromatic rings. The number of aliphatic hydroxyl groups is 1. The van der Waals surface area contributed by atoms with Crippen LogP contribution >= 0.6 is 0 Å². The molecular weight excluding hydrogens is 240 g/mol. The van der Waals surface area contributed by atoms with Crippen LogP contribution in [0.15, 0.2) is 12.3 Å². The Balaban J connectivity index is 3.04. The summed E-state index contributed by atoms with van der Waals surface area (Å²) in [5, 5.41) is 8.82. The highest BCUT2D eigenvalue weighted by Crippen LogP contribution is 2.24. The minimum atomic E-state index is -4.43. The van der Waals surface area contributed by atoms with Crippen molar-refractivity contribution in [2.45, 2.75) is 19.7 Å². The molecular formula is C10H12F4N2O. The summed E-state index contributed by atoms with van der Waals surface area (Å²) in [5.41, 5.74) is -0.0735. The molecule has 1 aromatic heterocycles. The molecule has 0 aliphatic carbocycles. The van der Waals surface area contributed by atoms with Gasteiger partial charge in [0.25, 0.3) is 0 Å². The molecule has 0 aliphatic heterocycles. The predicted molar refractivity (Wildman–Crippen MR) is 54.1 cm³/mol. The van der Waals surface area contributed by atoms with E-state index in [0.717, 1.165) is 4.90 Å². The molecule has 0 radical (unpaired) electrons. The number of aliphatic hydroxyl groups excluding tert-OH is 1. The van der Waals surface area contributed by atoms with Crippen molar-refractivity contribution < 1.29 is 22.7 Å². The van der Waals surface area contributed by atoms with E-state index in [1.54, 1.807) is 0 Å². The third-order valence-electron chi connectivity index (χ3n) is 2.17. The second-order valence-corrected chi connectivity index (χ2v) is 3.40. The second-order valence-electron chi connectivity index (χ2n) is 3.40. The maximum absolute atomic E-state index is 13.7. The number of hydrogen-bond donors (Lipinski definition) is 1. The monoisotopic (exact) mass is 252 g/mol. The van der Waals surface area contributed by atoms with Crippen molar-refractivity contribution in [3.63, 3.8) is 0 Å². The van der Waals surface area contributed by atoms with Crippen molar-refractivity contribution in [1.29, 1.82) is 0 Å². The lowest BCUT2D eigenvalue weighted by atomic mass is 10.2. The fourth-order valence-electron chi connectivity index (χ4n) is 1.37. The molecule has 1 heterocycles. The molecule has 0 atom stereocenters. The standard InChI is InChI=1S/C10H12F4N2O/c1-2-16(6-10(12,13)14)9-8(11)7(5-17)3-4-15-9/h3-4,17H,2,5-6H2,1H3. The average molecular weight is 252 g/mol. The third-order valence-corrected chi connectivity index (χ3v) is 2.17. The van der Waals surface area contributed by atoms with Crippen molar-refractivity contribution in [2.75, 3.05) is 18.0 Å². The number of nitrogens with zero attached hydrogens (tertiary/aromatic N) is 2. The highest BCUT2D eigenvalue weighted by Gasteiger charge is 2.32. The van der Waals surface area contributed by atoms with Crippen LogP contribution in [0.1, 0.15) is 12.5 Å². The van der Waals surface area contributed by atoms with Gasteiger partial charge in [-0.05, 0) is 13.0 Å². The number of pyridine rings is 1. The SMILES string of the molecule is CCN(CC(F)(F)F)c1nccc(CO)c1F. The molecule has 0 spiro atoms. The molecule has 0 aliphatic rings. The molecule has 1 N–H and O–H groups in total. The van der Waals surface area contributed by atoms with Crippen LogP contribution in [-0.2, 0) is 6.61 Å². The molecule has 17 heavy (non-hydrogen) atoms. The Morgan fingerprint density at radius 3 is 2.53 bits per heavy atom. The highest BCUT2D eigenvalue weighted by molar-refractivity contribution is 5.43. The van der Waals surface area contributed by atoms with Gasteiger partial charge in [-0.15, -0.1) is 0 Å². The van der Waals surface area contributed by atoms with Gasteiger partial charge in [0.15, 0.2) is 11.6 Å². The quantitative estimate of drug-likeness (QED) is 0.834. The molecule has 0 fully saturated rings. The van der Waals surface area contributed by atoms with Gasteiger partial charge < -0.3 is 10.0 Å². The van der Waals surface area contributed by atoms with E-state index in [1.165, 1.54) is 19.2 Å². The number of halogens is 4. The Kier molecular flexibility index (Phi) is 4.28. The molecule has 0 saturated heterocycles. The lowest BCUT2D eigenvalue weighted by Gasteiger charge is -2.24. The lowest BCUT2D eigenvalue weighted by Crippen LogP contribution is -2.35. The van der Waals surface area contributed by atoms with Crippen molar-refractivity contribution in [3.8, 4) is 0 Å². The van der Waals surface area contributed by atoms with Gasteiger partial charge in [0.05, 0.1) is 6.61 Å². The Morgan fingerprint density at radius 2 is 2.06 bits per heavy atom. The Labute approximate surface area is 95.7 Å². The molecule has 7 heteroatoms. The predicted octanol–water partition coefficient (Wildman–Crippen LogP) is 2.10. The van der Waals surface area contributed by atoms with Crippen LogP contribution in [0.3, 0.4) is 0 Å². The van der Waals surface area contributed by atoms with Crippen molar-refractivity contribution >= 4 is 5.82 Å². The maximum Gasteiger partial charge on any atom is 0.405 e. The Bertz CT molecular complexity index is 381. The fraction of sp³-hybridized carbons (Fsp3) is 0.500. The van der Waals surface area contributed by atoms with E-state index >= 15 is 0 Å². The Hall–Kier alpha value is -1.37. The molecule has 0 amide bonds. The van der Waals surface area contributed by atoms with Crippen LogP contribution < -0.4 is 4.90 Å². The minimum absolute atomic E-state index is 0.0295. The summed E-state index contributed by atoms with van der Waals surface area (Å²) >= 11 is 0. The summed E-state index contributed by atoms with van der Waals surface area (Å²) in [6.07, 6.45) is -3.26. The number of aromatic nitrogens is 1. The summed E-state index contributed by atoms with van der Waals surface area (Å²) in [7, 11) is 0. The van der Waals surface area contributed by atoms with Crippen LogP contribution in [-0.4, -0.2) is 29.4 Å². The fourth-order valence-corrected chi connectivity index (χ4v) is 1.37. The van der Waals surface area contributed by atoms with Crippen LogP contribution in [0.25, 0.3) is 0 Å². The van der Waals surface area contributed by atoms with E-state index in [1.807, 2.05) is 0 Å². The van der Waals surface area contributed by atoms with E-state index in [0.29, 0.717) is 0 Å². The topological polar surface area (TPSA) is 36.4 Å². The molecule has 0 saturated carbocycles. The van der Waals surface area contributed by atoms with Crippen LogP contribution in [0.5, 0.6) is 0 Å². The third kappa shape index (κ3) is 3.55. The number of hydrogen-bond acceptors (Lipinski definition) is 3. The highest BCUT2D eigenvalue weighted by atomic mass is 19.4. The summed E-state index contributed by atoms with van der Waals surface area (Å²) in [6.45, 7) is -0.413. The van der Waals surface area contributed by atoms with Crippen molar-refractivity contribution in [3.05, 3.63) is 23.6 Å². The van der Waals surface area contributed by atoms with Gasteiger partial charge in [-0.2, -0.15) is 13.2 Å². The van der Waals surface area contributed by atoms with Gasteiger partial charge in [0, 0.05) is 18.3 Å². The van der Waals surface area contributed by atoms with Gasteiger partial charge in [-0.1, -0.05) is 0 Å². The zero-order valence-corrected chi connectivity index (χ0v) is 9.13. The van der Waals surface area contributed by atoms with E-state index in [-0.39, 0.29) is 12.1 Å². The largest absolute Gasteiger partial charge is 0.405 e. The van der Waals surface area contributed by atoms with Gasteiger partial charge >= 0.3 is 6.18 Å². The van der Waals surface area contributed by atoms with E-state index in [4.69, 9.17) is 5.11 Å². The first-order chi connectivity index (χ1) is 7.89. The van der Waals surface area contributed by atoms with Crippen LogP contribution in [0.2, 0.25) is 0 Å². The summed E-state index contributed by atoms with van der Waals surface area (Å²) in [6, 6.07) is 1.22. The van der Waals surface area contributed by atoms with E-state index < -0.39 is 31.0 Å². The molecule has 1 rings (SSSR count). The number of anilines is 1. The molecule has 0 unspecified atom stereocenters. The first-order valence-corrected chi connectivity index (χ1v) is 4.95. The number of alkyl halides is 3. The van der Waals surface area contributed by atoms with Gasteiger partial charge in [0.2, 0.25) is 0 Å².